The van der Waals surface area contributed by atoms with Gasteiger partial charge in [-0.2, -0.15) is 14.0 Å². The molecule has 0 saturated heterocycles. The summed E-state index contributed by atoms with van der Waals surface area (Å²) in [6.45, 7) is 0. The normalized spacial score (nSPS) is 11.0. The average Bonchev–Trinajstić information content (AvgIpc) is 2.93. The first-order valence-corrected chi connectivity index (χ1v) is 8.42. The van der Waals surface area contributed by atoms with Crippen molar-refractivity contribution < 1.29 is 18.7 Å². The van der Waals surface area contributed by atoms with Gasteiger partial charge in [-0.15, -0.1) is 0 Å². The number of thioether (sulfide) groups is 1. The van der Waals surface area contributed by atoms with E-state index in [9.17, 15) is 18.8 Å². The molecule has 0 radical (unpaired) electrons. The predicted molar refractivity (Wildman–Crippen MR) is 99.1 cm³/mol. The summed E-state index contributed by atoms with van der Waals surface area (Å²) in [5.41, 5.74) is 0.948. The Morgan fingerprint density at radius 3 is 2.54 bits per heavy atom. The van der Waals surface area contributed by atoms with E-state index in [2.05, 4.69) is 27.0 Å². The first-order chi connectivity index (χ1) is 11.8. The molecule has 128 valence electrons. The first-order valence-electron chi connectivity index (χ1n) is 6.81. The quantitative estimate of drug-likeness (QED) is 0.502. The van der Waals surface area contributed by atoms with Crippen molar-refractivity contribution in [2.45, 2.75) is 10.4 Å². The minimum absolute atomic E-state index is 0. The summed E-state index contributed by atoms with van der Waals surface area (Å²) in [6.07, 6.45) is 1.31. The van der Waals surface area contributed by atoms with Crippen LogP contribution in [0.2, 0.25) is 0 Å². The number of carbonyl (C=O) groups is 1. The molecule has 2 aromatic carbocycles. The molecule has 3 aromatic rings. The van der Waals surface area contributed by atoms with Crippen molar-refractivity contribution in [2.24, 2.45) is 0 Å². The van der Waals surface area contributed by atoms with Crippen LogP contribution in [0.4, 0.5) is 8.78 Å². The van der Waals surface area contributed by atoms with Crippen molar-refractivity contribution in [3.63, 3.8) is 0 Å². The average molecular weight is 432 g/mol. The van der Waals surface area contributed by atoms with Crippen molar-refractivity contribution in [3.8, 4) is 11.8 Å². The zero-order valence-electron chi connectivity index (χ0n) is 12.3. The van der Waals surface area contributed by atoms with E-state index < -0.39 is 11.2 Å². The van der Waals surface area contributed by atoms with E-state index in [4.69, 9.17) is 5.11 Å². The van der Waals surface area contributed by atoms with Crippen LogP contribution in [0.15, 0.2) is 52.4 Å². The molecule has 0 saturated carbocycles. The maximum absolute atomic E-state index is 13.6. The monoisotopic (exact) mass is 431 g/mol. The number of imidazole rings is 1. The number of aliphatic carboxylic acids is 1. The number of nitriles is 1. The summed E-state index contributed by atoms with van der Waals surface area (Å²) in [5.74, 6) is -2.24. The molecule has 0 unspecified atom stereocenters. The summed E-state index contributed by atoms with van der Waals surface area (Å²) in [7, 11) is 0. The van der Waals surface area contributed by atoms with Crippen LogP contribution < -0.4 is 0 Å². The number of nitrogens with zero attached hydrogens (tertiary/aromatic N) is 3. The number of alkyl halides is 2. The van der Waals surface area contributed by atoms with Crippen LogP contribution >= 0.6 is 27.7 Å². The zero-order valence-corrected chi connectivity index (χ0v) is 14.7. The van der Waals surface area contributed by atoms with Gasteiger partial charge in [0.25, 0.3) is 0 Å². The number of halogens is 3. The number of carboxylic acid groups (broad SMARTS) is 1. The fourth-order valence-electron chi connectivity index (χ4n) is 2.34. The summed E-state index contributed by atoms with van der Waals surface area (Å²) in [6, 6.07) is 12.3. The molecule has 0 fully saturated rings. The van der Waals surface area contributed by atoms with E-state index in [-0.39, 0.29) is 35.8 Å². The molecule has 26 heavy (non-hydrogen) atoms. The van der Waals surface area contributed by atoms with E-state index >= 15 is 0 Å². The molecule has 0 aliphatic rings. The second-order valence-corrected chi connectivity index (χ2v) is 6.81. The van der Waals surface area contributed by atoms with E-state index in [1.54, 1.807) is 36.4 Å². The number of hydrogen-bond acceptors (Lipinski definition) is 4. The van der Waals surface area contributed by atoms with Gasteiger partial charge in [-0.05, 0) is 39.8 Å². The van der Waals surface area contributed by atoms with Crippen molar-refractivity contribution in [2.75, 3.05) is 0 Å². The number of hydrogen-bond donors (Lipinski definition) is 1. The molecular formula is C16H9BrF2LiN3O2S. The van der Waals surface area contributed by atoms with E-state index in [0.717, 1.165) is 0 Å². The van der Waals surface area contributed by atoms with Gasteiger partial charge < -0.3 is 5.11 Å². The number of benzene rings is 2. The van der Waals surface area contributed by atoms with Crippen LogP contribution in [0.25, 0.3) is 16.5 Å². The van der Waals surface area contributed by atoms with Gasteiger partial charge in [-0.25, -0.2) is 9.78 Å². The standard InChI is InChI=1S/C16H8BrF2N3O2S.Li.H/c17-13-8-21-15(25-16(18,19)14(23)24)22(13)12-6-5-9(7-20)10-3-1-2-4-11(10)12;;/h1-6,8H,(H,23,24);;. The number of aromatic nitrogens is 2. The summed E-state index contributed by atoms with van der Waals surface area (Å²) in [4.78, 5) is 14.6. The van der Waals surface area contributed by atoms with Crippen LogP contribution in [0.5, 0.6) is 0 Å². The van der Waals surface area contributed by atoms with Crippen LogP contribution in [0.1, 0.15) is 5.56 Å². The Kier molecular flexibility index (Phi) is 6.15. The van der Waals surface area contributed by atoms with Gasteiger partial charge in [0.05, 0.1) is 23.5 Å². The first kappa shape index (κ1) is 20.5. The predicted octanol–water partition coefficient (Wildman–Crippen LogP) is 3.78. The maximum atomic E-state index is 13.6. The fraction of sp³-hybridized carbons (Fsp3) is 0.0625. The van der Waals surface area contributed by atoms with Crippen LogP contribution in [-0.2, 0) is 4.79 Å². The molecule has 3 rings (SSSR count). The molecule has 0 spiro atoms. The second kappa shape index (κ2) is 7.81. The molecule has 1 heterocycles. The molecule has 0 atom stereocenters. The molecule has 0 aliphatic heterocycles. The Hall–Kier alpha value is -1.84. The molecule has 0 bridgehead atoms. The molecule has 10 heteroatoms. The Morgan fingerprint density at radius 2 is 1.92 bits per heavy atom. The SMILES string of the molecule is N#Cc1ccc(-n2c(Br)cnc2SC(F)(F)C(=O)O)c2ccccc12.[LiH]. The van der Waals surface area contributed by atoms with Gasteiger partial charge in [-0.1, -0.05) is 24.3 Å². The van der Waals surface area contributed by atoms with Crippen molar-refractivity contribution in [3.05, 3.63) is 52.8 Å². The molecule has 0 aliphatic carbocycles. The molecular weight excluding hydrogens is 423 g/mol. The van der Waals surface area contributed by atoms with Gasteiger partial charge in [0, 0.05) is 10.8 Å². The fourth-order valence-corrected chi connectivity index (χ4v) is 3.63. The Labute approximate surface area is 171 Å². The van der Waals surface area contributed by atoms with Gasteiger partial charge in [-0.3, -0.25) is 4.57 Å². The third-order valence-electron chi connectivity index (χ3n) is 3.42. The molecule has 0 amide bonds. The Balaban J connectivity index is 0.00000243. The molecule has 5 nitrogen and oxygen atoms in total. The van der Waals surface area contributed by atoms with Gasteiger partial charge in [0.2, 0.25) is 0 Å². The van der Waals surface area contributed by atoms with Crippen molar-refractivity contribution in [1.82, 2.24) is 9.55 Å². The second-order valence-electron chi connectivity index (χ2n) is 4.91. The zero-order chi connectivity index (χ0) is 18.2. The number of fused-ring (bicyclic) bond motifs is 1. The van der Waals surface area contributed by atoms with Crippen LogP contribution in [0.3, 0.4) is 0 Å². The summed E-state index contributed by atoms with van der Waals surface area (Å²) in [5, 5.41) is 15.0. The molecule has 1 aromatic heterocycles. The third-order valence-corrected chi connectivity index (χ3v) is 4.88. The van der Waals surface area contributed by atoms with E-state index in [1.807, 2.05) is 0 Å². The number of carboxylic acids is 1. The molecule has 1 N–H and O–H groups in total. The third kappa shape index (κ3) is 3.65. The van der Waals surface area contributed by atoms with Gasteiger partial charge >= 0.3 is 30.1 Å². The van der Waals surface area contributed by atoms with Crippen LogP contribution in [0, 0.1) is 11.3 Å². The van der Waals surface area contributed by atoms with Crippen molar-refractivity contribution >= 4 is 63.3 Å². The van der Waals surface area contributed by atoms with Crippen LogP contribution in [-0.4, -0.2) is 44.7 Å². The summed E-state index contributed by atoms with van der Waals surface area (Å²) >= 11 is 3.09. The topological polar surface area (TPSA) is 78.9 Å². The number of rotatable bonds is 4. The summed E-state index contributed by atoms with van der Waals surface area (Å²) < 4.78 is 29.0. The Bertz CT molecular complexity index is 1040. The van der Waals surface area contributed by atoms with E-state index in [1.165, 1.54) is 10.8 Å². The van der Waals surface area contributed by atoms with Gasteiger partial charge in [0.1, 0.15) is 4.60 Å². The Morgan fingerprint density at radius 1 is 1.27 bits per heavy atom. The minimum atomic E-state index is -4.02. The van der Waals surface area contributed by atoms with E-state index in [0.29, 0.717) is 26.6 Å². The van der Waals surface area contributed by atoms with Gasteiger partial charge in [0.15, 0.2) is 5.16 Å². The van der Waals surface area contributed by atoms with Crippen molar-refractivity contribution in [1.29, 1.82) is 5.26 Å².